The van der Waals surface area contributed by atoms with Crippen LogP contribution in [0.3, 0.4) is 0 Å². The van der Waals surface area contributed by atoms with Gasteiger partial charge in [0.2, 0.25) is 0 Å². The number of aliphatic hydroxyl groups is 1. The van der Waals surface area contributed by atoms with E-state index in [9.17, 15) is 9.90 Å². The molecule has 0 saturated heterocycles. The smallest absolute Gasteiger partial charge is 0.260 e. The summed E-state index contributed by atoms with van der Waals surface area (Å²) in [4.78, 5) is 11.1. The molecule has 0 bridgehead atoms. The van der Waals surface area contributed by atoms with Gasteiger partial charge in [0.15, 0.2) is 6.19 Å². The Morgan fingerprint density at radius 3 is 2.33 bits per heavy atom. The van der Waals surface area contributed by atoms with Crippen LogP contribution in [-0.4, -0.2) is 11.0 Å². The van der Waals surface area contributed by atoms with Gasteiger partial charge in [-0.2, -0.15) is 5.26 Å². The molecule has 0 unspecified atom stereocenters. The van der Waals surface area contributed by atoms with Crippen LogP contribution in [0.2, 0.25) is 0 Å². The molecule has 1 rings (SSSR count). The Bertz CT molecular complexity index is 502. The molecule has 0 radical (unpaired) electrons. The zero-order valence-corrected chi connectivity index (χ0v) is 10.7. The molecule has 2 N–H and O–H groups in total. The summed E-state index contributed by atoms with van der Waals surface area (Å²) >= 11 is 0. The van der Waals surface area contributed by atoms with Crippen molar-refractivity contribution in [3.8, 4) is 6.19 Å². The first kappa shape index (κ1) is 13.8. The van der Waals surface area contributed by atoms with Crippen molar-refractivity contribution in [2.45, 2.75) is 26.2 Å². The van der Waals surface area contributed by atoms with Crippen molar-refractivity contribution < 1.29 is 9.90 Å². The summed E-state index contributed by atoms with van der Waals surface area (Å²) in [5.74, 6) is -0.807. The van der Waals surface area contributed by atoms with Crippen molar-refractivity contribution in [2.75, 3.05) is 0 Å². The van der Waals surface area contributed by atoms with Crippen molar-refractivity contribution in [3.05, 3.63) is 41.5 Å². The van der Waals surface area contributed by atoms with Crippen LogP contribution < -0.4 is 5.32 Å². The van der Waals surface area contributed by atoms with Crippen LogP contribution in [0.25, 0.3) is 5.76 Å². The van der Waals surface area contributed by atoms with E-state index in [4.69, 9.17) is 5.26 Å². The number of nitrogens with one attached hydrogen (secondary N) is 1. The van der Waals surface area contributed by atoms with Crippen LogP contribution in [0.4, 0.5) is 0 Å². The number of carbonyl (C=O) groups is 1. The molecule has 0 atom stereocenters. The van der Waals surface area contributed by atoms with Gasteiger partial charge in [0.05, 0.1) is 0 Å². The Morgan fingerprint density at radius 2 is 1.89 bits per heavy atom. The molecule has 1 amide bonds. The van der Waals surface area contributed by atoms with Crippen molar-refractivity contribution in [3.63, 3.8) is 0 Å². The Labute approximate surface area is 107 Å². The Hall–Kier alpha value is -2.28. The fraction of sp³-hybridized carbons (Fsp3) is 0.286. The molecule has 0 spiro atoms. The first-order valence-electron chi connectivity index (χ1n) is 5.55. The molecule has 1 aromatic carbocycles. The van der Waals surface area contributed by atoms with E-state index in [2.05, 4.69) is 20.8 Å². The molecule has 0 fully saturated rings. The number of aliphatic hydroxyl groups excluding tert-OH is 1. The third kappa shape index (κ3) is 3.63. The SMILES string of the molecule is CC(C)(C)c1ccc(C(O)=CC(=O)NC#N)cc1. The number of hydrogen-bond donors (Lipinski definition) is 2. The lowest BCUT2D eigenvalue weighted by atomic mass is 9.86. The van der Waals surface area contributed by atoms with E-state index in [1.807, 2.05) is 17.4 Å². The van der Waals surface area contributed by atoms with E-state index in [0.29, 0.717) is 5.56 Å². The number of benzene rings is 1. The molecule has 94 valence electrons. The molecule has 0 aliphatic heterocycles. The Kier molecular flexibility index (Phi) is 4.11. The molecule has 0 heterocycles. The predicted molar refractivity (Wildman–Crippen MR) is 69.5 cm³/mol. The fourth-order valence-corrected chi connectivity index (χ4v) is 1.44. The van der Waals surface area contributed by atoms with Crippen molar-refractivity contribution in [1.82, 2.24) is 5.32 Å². The molecular weight excluding hydrogens is 228 g/mol. The number of carbonyl (C=O) groups excluding carboxylic acids is 1. The minimum atomic E-state index is -0.644. The second-order valence-corrected chi connectivity index (χ2v) is 4.96. The molecule has 4 heteroatoms. The van der Waals surface area contributed by atoms with E-state index < -0.39 is 5.91 Å². The Balaban J connectivity index is 2.93. The van der Waals surface area contributed by atoms with Gasteiger partial charge >= 0.3 is 0 Å². The van der Waals surface area contributed by atoms with Gasteiger partial charge in [0.1, 0.15) is 5.76 Å². The quantitative estimate of drug-likeness (QED) is 0.363. The molecule has 1 aromatic rings. The second-order valence-electron chi connectivity index (χ2n) is 4.96. The molecule has 0 saturated carbocycles. The lowest BCUT2D eigenvalue weighted by molar-refractivity contribution is -0.115. The number of hydrogen-bond acceptors (Lipinski definition) is 3. The fourth-order valence-electron chi connectivity index (χ4n) is 1.44. The number of nitrogens with zero attached hydrogens (tertiary/aromatic N) is 1. The lowest BCUT2D eigenvalue weighted by Gasteiger charge is -2.19. The minimum Gasteiger partial charge on any atom is -0.507 e. The van der Waals surface area contributed by atoms with Crippen molar-refractivity contribution in [2.24, 2.45) is 0 Å². The van der Waals surface area contributed by atoms with Gasteiger partial charge in [0.25, 0.3) is 5.91 Å². The molecule has 4 nitrogen and oxygen atoms in total. The largest absolute Gasteiger partial charge is 0.507 e. The number of nitriles is 1. The summed E-state index contributed by atoms with van der Waals surface area (Å²) in [5, 5.41) is 19.9. The van der Waals surface area contributed by atoms with Crippen molar-refractivity contribution >= 4 is 11.7 Å². The monoisotopic (exact) mass is 244 g/mol. The molecule has 0 aliphatic rings. The zero-order chi connectivity index (χ0) is 13.8. The molecule has 18 heavy (non-hydrogen) atoms. The third-order valence-corrected chi connectivity index (χ3v) is 2.49. The summed E-state index contributed by atoms with van der Waals surface area (Å²) < 4.78 is 0. The van der Waals surface area contributed by atoms with Crippen LogP contribution in [-0.2, 0) is 10.2 Å². The van der Waals surface area contributed by atoms with Gasteiger partial charge in [-0.15, -0.1) is 0 Å². The van der Waals surface area contributed by atoms with Gasteiger partial charge in [-0.1, -0.05) is 45.0 Å². The zero-order valence-electron chi connectivity index (χ0n) is 10.7. The van der Waals surface area contributed by atoms with Gasteiger partial charge in [-0.3, -0.25) is 10.1 Å². The van der Waals surface area contributed by atoms with Crippen LogP contribution in [0.1, 0.15) is 31.9 Å². The normalized spacial score (nSPS) is 11.8. The first-order valence-corrected chi connectivity index (χ1v) is 5.55. The highest BCUT2D eigenvalue weighted by Gasteiger charge is 2.13. The van der Waals surface area contributed by atoms with E-state index >= 15 is 0 Å². The van der Waals surface area contributed by atoms with Crippen molar-refractivity contribution in [1.29, 1.82) is 5.26 Å². The average molecular weight is 244 g/mol. The Morgan fingerprint density at radius 1 is 1.33 bits per heavy atom. The maximum Gasteiger partial charge on any atom is 0.260 e. The summed E-state index contributed by atoms with van der Waals surface area (Å²) in [6.45, 7) is 6.29. The molecule has 0 aromatic heterocycles. The van der Waals surface area contributed by atoms with Gasteiger partial charge in [-0.25, -0.2) is 0 Å². The number of rotatable bonds is 2. The average Bonchev–Trinajstić information content (AvgIpc) is 2.28. The number of amides is 1. The minimum absolute atomic E-state index is 0.0377. The van der Waals surface area contributed by atoms with E-state index in [1.165, 1.54) is 6.19 Å². The summed E-state index contributed by atoms with van der Waals surface area (Å²) in [6.07, 6.45) is 2.48. The molecular formula is C14H16N2O2. The van der Waals surface area contributed by atoms with Crippen LogP contribution >= 0.6 is 0 Å². The highest BCUT2D eigenvalue weighted by molar-refractivity contribution is 5.94. The van der Waals surface area contributed by atoms with E-state index in [0.717, 1.165) is 11.6 Å². The van der Waals surface area contributed by atoms with E-state index in [-0.39, 0.29) is 11.2 Å². The first-order chi connectivity index (χ1) is 8.34. The topological polar surface area (TPSA) is 73.1 Å². The van der Waals surface area contributed by atoms with Crippen LogP contribution in [0.15, 0.2) is 30.3 Å². The predicted octanol–water partition coefficient (Wildman–Crippen LogP) is 2.48. The summed E-state index contributed by atoms with van der Waals surface area (Å²) in [6, 6.07) is 7.29. The lowest BCUT2D eigenvalue weighted by Crippen LogP contribution is -2.14. The van der Waals surface area contributed by atoms with Gasteiger partial charge < -0.3 is 5.11 Å². The third-order valence-electron chi connectivity index (χ3n) is 2.49. The summed E-state index contributed by atoms with van der Waals surface area (Å²) in [5.41, 5.74) is 1.72. The van der Waals surface area contributed by atoms with Gasteiger partial charge in [-0.05, 0) is 11.0 Å². The summed E-state index contributed by atoms with van der Waals surface area (Å²) in [7, 11) is 0. The maximum atomic E-state index is 11.1. The van der Waals surface area contributed by atoms with Gasteiger partial charge in [0, 0.05) is 11.6 Å². The van der Waals surface area contributed by atoms with E-state index in [1.54, 1.807) is 12.1 Å². The standard InChI is InChI=1S/C14H16N2O2/c1-14(2,3)11-6-4-10(5-7-11)12(17)8-13(18)16-9-15/h4-8,17H,1-3H3,(H,16,18). The highest BCUT2D eigenvalue weighted by atomic mass is 16.3. The molecule has 0 aliphatic carbocycles. The van der Waals surface area contributed by atoms with Crippen LogP contribution in [0.5, 0.6) is 0 Å². The second kappa shape index (κ2) is 5.37. The van der Waals surface area contributed by atoms with Crippen LogP contribution in [0, 0.1) is 11.5 Å². The highest BCUT2D eigenvalue weighted by Crippen LogP contribution is 2.23. The maximum absolute atomic E-state index is 11.1.